The number of guanidine groups is 1. The molecule has 0 saturated heterocycles. The van der Waals surface area contributed by atoms with Crippen LogP contribution in [0.15, 0.2) is 16.6 Å². The van der Waals surface area contributed by atoms with Gasteiger partial charge in [0.15, 0.2) is 5.96 Å². The summed E-state index contributed by atoms with van der Waals surface area (Å²) >= 11 is 1.67. The smallest absolute Gasteiger partial charge is 0.204 e. The second kappa shape index (κ2) is 7.45. The van der Waals surface area contributed by atoms with Crippen LogP contribution in [0.5, 0.6) is 0 Å². The molecule has 1 N–H and O–H groups in total. The predicted molar refractivity (Wildman–Crippen MR) is 96.1 cm³/mol. The van der Waals surface area contributed by atoms with Gasteiger partial charge in [0.25, 0.3) is 0 Å². The van der Waals surface area contributed by atoms with Crippen molar-refractivity contribution in [3.8, 4) is 0 Å². The van der Waals surface area contributed by atoms with Gasteiger partial charge in [-0.1, -0.05) is 0 Å². The van der Waals surface area contributed by atoms with Gasteiger partial charge in [0, 0.05) is 40.6 Å². The third-order valence-electron chi connectivity index (χ3n) is 3.53. The van der Waals surface area contributed by atoms with Crippen molar-refractivity contribution in [3.63, 3.8) is 0 Å². The summed E-state index contributed by atoms with van der Waals surface area (Å²) in [5.41, 5.74) is 2.17. The molecule has 0 amide bonds. The Hall–Kier alpha value is -2.09. The van der Waals surface area contributed by atoms with E-state index in [9.17, 15) is 0 Å². The number of thiazole rings is 1. The Labute approximate surface area is 141 Å². The van der Waals surface area contributed by atoms with E-state index in [2.05, 4.69) is 35.1 Å². The topological polar surface area (TPSA) is 61.6 Å². The Morgan fingerprint density at radius 2 is 2.13 bits per heavy atom. The van der Waals surface area contributed by atoms with Crippen LogP contribution < -0.4 is 10.2 Å². The summed E-state index contributed by atoms with van der Waals surface area (Å²) in [5, 5.41) is 6.55. The summed E-state index contributed by atoms with van der Waals surface area (Å²) in [7, 11) is 9.80. The van der Waals surface area contributed by atoms with Crippen molar-refractivity contribution in [1.29, 1.82) is 0 Å². The summed E-state index contributed by atoms with van der Waals surface area (Å²) in [6.07, 6.45) is 1.89. The molecule has 0 atom stereocenters. The highest BCUT2D eigenvalue weighted by Crippen LogP contribution is 2.12. The first-order valence-corrected chi connectivity index (χ1v) is 8.31. The van der Waals surface area contributed by atoms with Crippen LogP contribution in [0, 0.1) is 6.92 Å². The van der Waals surface area contributed by atoms with Crippen molar-refractivity contribution in [1.82, 2.24) is 24.8 Å². The number of aromatic nitrogens is 3. The lowest BCUT2D eigenvalue weighted by atomic mass is 10.4. The van der Waals surface area contributed by atoms with Crippen molar-refractivity contribution < 1.29 is 0 Å². The van der Waals surface area contributed by atoms with Crippen LogP contribution in [0.3, 0.4) is 0 Å². The lowest BCUT2D eigenvalue weighted by Crippen LogP contribution is -2.38. The van der Waals surface area contributed by atoms with Gasteiger partial charge in [-0.05, 0) is 6.92 Å². The molecule has 0 aliphatic heterocycles. The molecule has 0 radical (unpaired) electrons. The second-order valence-electron chi connectivity index (χ2n) is 5.62. The molecule has 7 nitrogen and oxygen atoms in total. The first-order valence-electron chi connectivity index (χ1n) is 7.43. The van der Waals surface area contributed by atoms with E-state index in [0.717, 1.165) is 34.8 Å². The molecule has 0 fully saturated rings. The Morgan fingerprint density at radius 1 is 1.39 bits per heavy atom. The highest BCUT2D eigenvalue weighted by Gasteiger charge is 2.11. The second-order valence-corrected chi connectivity index (χ2v) is 6.68. The summed E-state index contributed by atoms with van der Waals surface area (Å²) in [6, 6.07) is 0. The van der Waals surface area contributed by atoms with Crippen LogP contribution in [-0.2, 0) is 20.1 Å². The lowest BCUT2D eigenvalue weighted by Gasteiger charge is -2.21. The van der Waals surface area contributed by atoms with Gasteiger partial charge in [0.1, 0.15) is 0 Å². The number of rotatable bonds is 5. The van der Waals surface area contributed by atoms with E-state index >= 15 is 0 Å². The molecule has 23 heavy (non-hydrogen) atoms. The fraction of sp³-hybridized carbons (Fsp3) is 0.533. The summed E-state index contributed by atoms with van der Waals surface area (Å²) in [5.74, 6) is 1.77. The van der Waals surface area contributed by atoms with E-state index in [4.69, 9.17) is 0 Å². The van der Waals surface area contributed by atoms with Crippen LogP contribution >= 0.6 is 11.3 Å². The molecule has 0 aliphatic carbocycles. The minimum absolute atomic E-state index is 0.671. The van der Waals surface area contributed by atoms with Crippen LogP contribution in [0.2, 0.25) is 0 Å². The summed E-state index contributed by atoms with van der Waals surface area (Å²) in [6.45, 7) is 3.43. The number of nitrogens with one attached hydrogen (secondary N) is 1. The molecule has 2 aromatic rings. The zero-order valence-electron chi connectivity index (χ0n) is 14.7. The number of imidazole rings is 1. The molecule has 0 aliphatic rings. The minimum atomic E-state index is 0.671. The maximum Gasteiger partial charge on any atom is 0.204 e. The summed E-state index contributed by atoms with van der Waals surface area (Å²) in [4.78, 5) is 17.3. The quantitative estimate of drug-likeness (QED) is 0.662. The van der Waals surface area contributed by atoms with E-state index in [1.165, 1.54) is 0 Å². The molecule has 2 aromatic heterocycles. The zero-order chi connectivity index (χ0) is 17.0. The maximum absolute atomic E-state index is 4.50. The fourth-order valence-electron chi connectivity index (χ4n) is 2.37. The molecule has 126 valence electrons. The fourth-order valence-corrected chi connectivity index (χ4v) is 2.97. The highest BCUT2D eigenvalue weighted by molar-refractivity contribution is 7.09. The van der Waals surface area contributed by atoms with Gasteiger partial charge in [-0.15, -0.1) is 11.3 Å². The van der Waals surface area contributed by atoms with E-state index in [-0.39, 0.29) is 0 Å². The largest absolute Gasteiger partial charge is 0.351 e. The van der Waals surface area contributed by atoms with E-state index in [1.807, 2.05) is 46.2 Å². The molecule has 0 aromatic carbocycles. The average Bonchev–Trinajstić information content (AvgIpc) is 3.06. The number of hydrogen-bond donors (Lipinski definition) is 1. The minimum Gasteiger partial charge on any atom is -0.351 e. The third-order valence-corrected chi connectivity index (χ3v) is 4.35. The molecule has 2 heterocycles. The molecular formula is C15H25N7S. The van der Waals surface area contributed by atoms with Gasteiger partial charge in [-0.25, -0.2) is 9.97 Å². The van der Waals surface area contributed by atoms with Crippen LogP contribution in [0.1, 0.15) is 16.4 Å². The highest BCUT2D eigenvalue weighted by atomic mass is 32.1. The number of hydrogen-bond acceptors (Lipinski definition) is 5. The van der Waals surface area contributed by atoms with Crippen LogP contribution in [0.4, 0.5) is 5.95 Å². The first kappa shape index (κ1) is 17.3. The Balaban J connectivity index is 1.97. The monoisotopic (exact) mass is 335 g/mol. The van der Waals surface area contributed by atoms with Crippen molar-refractivity contribution in [3.05, 3.63) is 28.0 Å². The average molecular weight is 335 g/mol. The standard InChI is InChI=1S/C15H25N7S/c1-11-19-12(10-23-11)9-21(5)14(16-2)17-7-13-8-18-15(20(3)4)22(13)6/h8,10H,7,9H2,1-6H3,(H,16,17). The normalized spacial score (nSPS) is 11.7. The van der Waals surface area contributed by atoms with Crippen molar-refractivity contribution >= 4 is 23.2 Å². The van der Waals surface area contributed by atoms with Crippen molar-refractivity contribution in [2.45, 2.75) is 20.0 Å². The maximum atomic E-state index is 4.50. The molecule has 2 rings (SSSR count). The van der Waals surface area contributed by atoms with Gasteiger partial charge in [-0.3, -0.25) is 4.99 Å². The first-order chi connectivity index (χ1) is 10.9. The molecule has 8 heteroatoms. The zero-order valence-corrected chi connectivity index (χ0v) is 15.5. The molecule has 0 unspecified atom stereocenters. The number of anilines is 1. The van der Waals surface area contributed by atoms with Gasteiger partial charge in [0.2, 0.25) is 5.95 Å². The Bertz CT molecular complexity index is 671. The van der Waals surface area contributed by atoms with Gasteiger partial charge >= 0.3 is 0 Å². The number of aliphatic imine (C=N–C) groups is 1. The molecule has 0 saturated carbocycles. The van der Waals surface area contributed by atoms with Gasteiger partial charge in [-0.2, -0.15) is 0 Å². The predicted octanol–water partition coefficient (Wildman–Crippen LogP) is 1.46. The van der Waals surface area contributed by atoms with Crippen molar-refractivity contribution in [2.75, 3.05) is 33.1 Å². The van der Waals surface area contributed by atoms with Crippen LogP contribution in [-0.4, -0.2) is 53.6 Å². The molecular weight excluding hydrogens is 310 g/mol. The van der Waals surface area contributed by atoms with Gasteiger partial charge in [0.05, 0.1) is 35.7 Å². The van der Waals surface area contributed by atoms with Crippen molar-refractivity contribution in [2.24, 2.45) is 12.0 Å². The Morgan fingerprint density at radius 3 is 2.65 bits per heavy atom. The number of aryl methyl sites for hydroxylation is 1. The molecule has 0 bridgehead atoms. The van der Waals surface area contributed by atoms with E-state index < -0.39 is 0 Å². The third kappa shape index (κ3) is 4.22. The Kier molecular flexibility index (Phi) is 5.59. The van der Waals surface area contributed by atoms with Gasteiger partial charge < -0.3 is 19.7 Å². The number of nitrogens with zero attached hydrogens (tertiary/aromatic N) is 6. The van der Waals surface area contributed by atoms with E-state index in [1.54, 1.807) is 18.4 Å². The SMILES string of the molecule is CN=C(NCc1cnc(N(C)C)n1C)N(C)Cc1csc(C)n1. The van der Waals surface area contributed by atoms with Crippen LogP contribution in [0.25, 0.3) is 0 Å². The van der Waals surface area contributed by atoms with E-state index in [0.29, 0.717) is 6.54 Å². The molecule has 0 spiro atoms. The lowest BCUT2D eigenvalue weighted by molar-refractivity contribution is 0.469. The summed E-state index contributed by atoms with van der Waals surface area (Å²) < 4.78 is 2.07.